The zero-order valence-corrected chi connectivity index (χ0v) is 16.1. The Morgan fingerprint density at radius 3 is 2.52 bits per heavy atom. The van der Waals surface area contributed by atoms with Crippen LogP contribution in [0.4, 0.5) is 13.2 Å². The Hall–Kier alpha value is -2.14. The van der Waals surface area contributed by atoms with Crippen molar-refractivity contribution in [1.29, 1.82) is 0 Å². The average molecular weight is 390 g/mol. The van der Waals surface area contributed by atoms with Crippen LogP contribution in [0.5, 0.6) is 0 Å². The smallest absolute Gasteiger partial charge is 0.294 e. The Labute approximate surface area is 160 Å². The first-order valence-corrected chi connectivity index (χ1v) is 9.82. The molecule has 0 aliphatic rings. The first-order valence-electron chi connectivity index (χ1n) is 9.01. The molecule has 2 aromatic carbocycles. The van der Waals surface area contributed by atoms with E-state index in [2.05, 4.69) is 6.92 Å². The van der Waals surface area contributed by atoms with E-state index in [-0.39, 0.29) is 5.78 Å². The van der Waals surface area contributed by atoms with Crippen LogP contribution in [0, 0.1) is 6.92 Å². The van der Waals surface area contributed by atoms with Gasteiger partial charge in [0.05, 0.1) is 5.56 Å². The highest BCUT2D eigenvalue weighted by molar-refractivity contribution is 7.19. The predicted octanol–water partition coefficient (Wildman–Crippen LogP) is 7.00. The van der Waals surface area contributed by atoms with Crippen molar-refractivity contribution in [2.24, 2.45) is 0 Å². The quantitative estimate of drug-likeness (QED) is 0.414. The summed E-state index contributed by atoms with van der Waals surface area (Å²) in [5.74, 6) is 0.0644. The molecule has 1 aromatic heterocycles. The van der Waals surface area contributed by atoms with Gasteiger partial charge in [-0.05, 0) is 48.9 Å². The molecule has 1 heterocycles. The van der Waals surface area contributed by atoms with E-state index in [1.54, 1.807) is 6.07 Å². The molecule has 0 radical (unpaired) electrons. The van der Waals surface area contributed by atoms with Gasteiger partial charge >= 0.3 is 6.18 Å². The zero-order valence-electron chi connectivity index (χ0n) is 15.3. The lowest BCUT2D eigenvalue weighted by Gasteiger charge is -2.06. The maximum absolute atomic E-state index is 13.0. The number of hydrogen-bond acceptors (Lipinski definition) is 2. The van der Waals surface area contributed by atoms with Gasteiger partial charge in [-0.2, -0.15) is 13.2 Å². The van der Waals surface area contributed by atoms with Gasteiger partial charge < -0.3 is 0 Å². The van der Waals surface area contributed by atoms with E-state index in [1.807, 2.05) is 31.2 Å². The lowest BCUT2D eigenvalue weighted by atomic mass is 10.00. The monoisotopic (exact) mass is 390 g/mol. The summed E-state index contributed by atoms with van der Waals surface area (Å²) in [7, 11) is 0. The SMILES string of the molecule is CCCc1c(CCC(=O)c2cccc(C)c2)sc2cc(C(F)(F)F)ccc12. The van der Waals surface area contributed by atoms with E-state index in [1.165, 1.54) is 17.4 Å². The molecule has 0 amide bonds. The number of carbonyl (C=O) groups excluding carboxylic acids is 1. The summed E-state index contributed by atoms with van der Waals surface area (Å²) in [5, 5.41) is 0.882. The normalized spacial score (nSPS) is 11.9. The Balaban J connectivity index is 1.88. The highest BCUT2D eigenvalue weighted by atomic mass is 32.1. The lowest BCUT2D eigenvalue weighted by molar-refractivity contribution is -0.137. The Morgan fingerprint density at radius 1 is 1.07 bits per heavy atom. The molecule has 5 heteroatoms. The van der Waals surface area contributed by atoms with Crippen molar-refractivity contribution in [3.8, 4) is 0 Å². The number of aryl methyl sites for hydroxylation is 3. The van der Waals surface area contributed by atoms with Gasteiger partial charge in [-0.1, -0.05) is 43.2 Å². The molecule has 27 heavy (non-hydrogen) atoms. The summed E-state index contributed by atoms with van der Waals surface area (Å²) in [4.78, 5) is 13.5. The number of Topliss-reactive ketones (excluding diaryl/α,β-unsaturated/α-hetero) is 1. The largest absolute Gasteiger partial charge is 0.416 e. The topological polar surface area (TPSA) is 17.1 Å². The Kier molecular flexibility index (Phi) is 5.70. The van der Waals surface area contributed by atoms with E-state index in [9.17, 15) is 18.0 Å². The van der Waals surface area contributed by atoms with Crippen LogP contribution in [-0.4, -0.2) is 5.78 Å². The van der Waals surface area contributed by atoms with Crippen LogP contribution in [0.1, 0.15) is 51.7 Å². The fourth-order valence-electron chi connectivity index (χ4n) is 3.29. The van der Waals surface area contributed by atoms with E-state index in [4.69, 9.17) is 0 Å². The number of alkyl halides is 3. The highest BCUT2D eigenvalue weighted by Gasteiger charge is 2.31. The molecule has 1 nitrogen and oxygen atoms in total. The fourth-order valence-corrected chi connectivity index (χ4v) is 4.58. The maximum Gasteiger partial charge on any atom is 0.416 e. The van der Waals surface area contributed by atoms with Gasteiger partial charge in [0, 0.05) is 21.6 Å². The number of rotatable bonds is 6. The van der Waals surface area contributed by atoms with E-state index in [0.717, 1.165) is 40.3 Å². The van der Waals surface area contributed by atoms with Gasteiger partial charge in [-0.3, -0.25) is 4.79 Å². The number of thiophene rings is 1. The van der Waals surface area contributed by atoms with Crippen LogP contribution in [0.2, 0.25) is 0 Å². The molecular formula is C22H21F3OS. The van der Waals surface area contributed by atoms with Gasteiger partial charge in [0.1, 0.15) is 0 Å². The molecule has 0 spiro atoms. The minimum absolute atomic E-state index is 0.0644. The molecular weight excluding hydrogens is 369 g/mol. The molecule has 0 fully saturated rings. The summed E-state index contributed by atoms with van der Waals surface area (Å²) >= 11 is 1.38. The Morgan fingerprint density at radius 2 is 1.85 bits per heavy atom. The molecule has 0 aliphatic heterocycles. The molecule has 0 unspecified atom stereocenters. The fraction of sp³-hybridized carbons (Fsp3) is 0.318. The summed E-state index contributed by atoms with van der Waals surface area (Å²) in [6.07, 6.45) is -1.71. The van der Waals surface area contributed by atoms with Gasteiger partial charge in [0.2, 0.25) is 0 Å². The number of fused-ring (bicyclic) bond motifs is 1. The van der Waals surface area contributed by atoms with Gasteiger partial charge in [-0.15, -0.1) is 11.3 Å². The minimum atomic E-state index is -4.34. The van der Waals surface area contributed by atoms with Gasteiger partial charge in [-0.25, -0.2) is 0 Å². The maximum atomic E-state index is 13.0. The molecule has 0 N–H and O–H groups in total. The summed E-state index contributed by atoms with van der Waals surface area (Å²) in [6, 6.07) is 11.4. The van der Waals surface area contributed by atoms with Crippen molar-refractivity contribution in [3.63, 3.8) is 0 Å². The second kappa shape index (κ2) is 7.85. The number of hydrogen-bond donors (Lipinski definition) is 0. The number of halogens is 3. The van der Waals surface area contributed by atoms with Crippen molar-refractivity contribution in [3.05, 3.63) is 69.6 Å². The third kappa shape index (κ3) is 4.41. The van der Waals surface area contributed by atoms with E-state index >= 15 is 0 Å². The molecule has 142 valence electrons. The lowest BCUT2D eigenvalue weighted by Crippen LogP contribution is -2.03. The first-order chi connectivity index (χ1) is 12.8. The van der Waals surface area contributed by atoms with Gasteiger partial charge in [0.15, 0.2) is 5.78 Å². The van der Waals surface area contributed by atoms with Crippen LogP contribution < -0.4 is 0 Å². The number of benzene rings is 2. The van der Waals surface area contributed by atoms with Crippen LogP contribution in [-0.2, 0) is 19.0 Å². The van der Waals surface area contributed by atoms with Crippen molar-refractivity contribution in [2.45, 2.75) is 45.7 Å². The van der Waals surface area contributed by atoms with E-state index < -0.39 is 11.7 Å². The predicted molar refractivity (Wildman–Crippen MR) is 105 cm³/mol. The third-order valence-electron chi connectivity index (χ3n) is 4.62. The van der Waals surface area contributed by atoms with Gasteiger partial charge in [0.25, 0.3) is 0 Å². The average Bonchev–Trinajstić information content (AvgIpc) is 2.96. The first kappa shape index (κ1) is 19.6. The number of carbonyl (C=O) groups is 1. The van der Waals surface area contributed by atoms with Crippen molar-refractivity contribution in [2.75, 3.05) is 0 Å². The standard InChI is InChI=1S/C22H21F3OS/c1-3-5-17-18-9-8-16(22(23,24)25)13-21(18)27-20(17)11-10-19(26)15-7-4-6-14(2)12-15/h4,6-9,12-13H,3,5,10-11H2,1-2H3. The molecule has 0 bridgehead atoms. The molecule has 3 rings (SSSR count). The zero-order chi connectivity index (χ0) is 19.6. The molecule has 3 aromatic rings. The summed E-state index contributed by atoms with van der Waals surface area (Å²) < 4.78 is 39.7. The molecule has 0 atom stereocenters. The molecule has 0 saturated carbocycles. The van der Waals surface area contributed by atoms with Crippen LogP contribution in [0.3, 0.4) is 0 Å². The highest BCUT2D eigenvalue weighted by Crippen LogP contribution is 2.38. The van der Waals surface area contributed by atoms with Crippen molar-refractivity contribution >= 4 is 27.2 Å². The second-order valence-electron chi connectivity index (χ2n) is 6.76. The molecule has 0 aliphatic carbocycles. The molecule has 0 saturated heterocycles. The summed E-state index contributed by atoms with van der Waals surface area (Å²) in [5.41, 5.74) is 2.19. The Bertz CT molecular complexity index is 969. The van der Waals surface area contributed by atoms with Crippen LogP contribution in [0.15, 0.2) is 42.5 Å². The minimum Gasteiger partial charge on any atom is -0.294 e. The third-order valence-corrected chi connectivity index (χ3v) is 5.88. The van der Waals surface area contributed by atoms with Crippen LogP contribution in [0.25, 0.3) is 10.1 Å². The summed E-state index contributed by atoms with van der Waals surface area (Å²) in [6.45, 7) is 4.00. The van der Waals surface area contributed by atoms with E-state index in [0.29, 0.717) is 23.1 Å². The second-order valence-corrected chi connectivity index (χ2v) is 7.89. The number of ketones is 1. The van der Waals surface area contributed by atoms with Crippen molar-refractivity contribution in [1.82, 2.24) is 0 Å². The van der Waals surface area contributed by atoms with Crippen molar-refractivity contribution < 1.29 is 18.0 Å². The van der Waals surface area contributed by atoms with Crippen LogP contribution >= 0.6 is 11.3 Å².